The fourth-order valence-corrected chi connectivity index (χ4v) is 3.48. The maximum absolute atomic E-state index is 9.56. The fraction of sp³-hybridized carbons (Fsp3) is 0.364. The van der Waals surface area contributed by atoms with E-state index in [1.165, 1.54) is 11.1 Å². The minimum Gasteiger partial charge on any atom is -0.388 e. The number of aryl methyl sites for hydroxylation is 2. The molecule has 2 heterocycles. The van der Waals surface area contributed by atoms with Crippen LogP contribution < -0.4 is 0 Å². The average Bonchev–Trinajstić information content (AvgIpc) is 2.71. The molecule has 1 atom stereocenters. The van der Waals surface area contributed by atoms with Crippen molar-refractivity contribution in [1.29, 1.82) is 0 Å². The van der Waals surface area contributed by atoms with Gasteiger partial charge < -0.3 is 5.11 Å². The van der Waals surface area contributed by atoms with Crippen molar-refractivity contribution in [2.75, 3.05) is 0 Å². The van der Waals surface area contributed by atoms with Gasteiger partial charge in [0.1, 0.15) is 5.01 Å². The number of hydrogen-bond donors (Lipinski definition) is 1. The van der Waals surface area contributed by atoms with Crippen LogP contribution in [0.3, 0.4) is 0 Å². The highest BCUT2D eigenvalue weighted by atomic mass is 32.1. The number of aliphatic hydroxyl groups is 1. The summed E-state index contributed by atoms with van der Waals surface area (Å²) in [5, 5.41) is 14.8. The smallest absolute Gasteiger partial charge is 0.125 e. The van der Waals surface area contributed by atoms with Crippen molar-refractivity contribution in [2.45, 2.75) is 26.9 Å². The zero-order valence-corrected chi connectivity index (χ0v) is 10.6. The van der Waals surface area contributed by atoms with Crippen LogP contribution >= 0.6 is 22.7 Å². The molecule has 0 fully saturated rings. The third-order valence-electron chi connectivity index (χ3n) is 2.30. The number of nitrogens with zero attached hydrogens (tertiary/aromatic N) is 1. The molecule has 80 valence electrons. The van der Waals surface area contributed by atoms with Crippen LogP contribution in [0.15, 0.2) is 10.8 Å². The normalized spacial score (nSPS) is 13.1. The predicted octanol–water partition coefficient (Wildman–Crippen LogP) is 3.54. The van der Waals surface area contributed by atoms with Gasteiger partial charge >= 0.3 is 0 Å². The van der Waals surface area contributed by atoms with E-state index in [1.807, 2.05) is 6.92 Å². The fourth-order valence-electron chi connectivity index (χ4n) is 1.49. The van der Waals surface area contributed by atoms with E-state index in [2.05, 4.69) is 22.7 Å². The molecule has 4 heteroatoms. The van der Waals surface area contributed by atoms with Crippen molar-refractivity contribution < 1.29 is 5.11 Å². The summed E-state index contributed by atoms with van der Waals surface area (Å²) in [6.45, 7) is 5.82. The van der Waals surface area contributed by atoms with E-state index in [9.17, 15) is 5.11 Å². The van der Waals surface area contributed by atoms with Crippen LogP contribution in [0, 0.1) is 13.8 Å². The number of thiophene rings is 1. The van der Waals surface area contributed by atoms with Crippen molar-refractivity contribution in [2.24, 2.45) is 0 Å². The van der Waals surface area contributed by atoms with E-state index in [1.54, 1.807) is 29.6 Å². The SMILES string of the molecule is Cc1cscc1-c1nc(C)c(C(C)O)s1. The van der Waals surface area contributed by atoms with Crippen LogP contribution in [0.5, 0.6) is 0 Å². The van der Waals surface area contributed by atoms with E-state index in [0.717, 1.165) is 15.6 Å². The molecule has 0 aliphatic carbocycles. The predicted molar refractivity (Wildman–Crippen MR) is 65.5 cm³/mol. The number of rotatable bonds is 2. The van der Waals surface area contributed by atoms with Gasteiger partial charge in [0, 0.05) is 10.9 Å². The Kier molecular flexibility index (Phi) is 2.91. The van der Waals surface area contributed by atoms with E-state index < -0.39 is 6.10 Å². The lowest BCUT2D eigenvalue weighted by molar-refractivity contribution is 0.202. The molecule has 0 saturated heterocycles. The second kappa shape index (κ2) is 4.04. The lowest BCUT2D eigenvalue weighted by Crippen LogP contribution is -1.88. The monoisotopic (exact) mass is 239 g/mol. The van der Waals surface area contributed by atoms with Gasteiger partial charge in [-0.05, 0) is 31.7 Å². The van der Waals surface area contributed by atoms with Gasteiger partial charge in [-0.1, -0.05) is 0 Å². The molecule has 2 aromatic rings. The van der Waals surface area contributed by atoms with Crippen LogP contribution in [-0.4, -0.2) is 10.1 Å². The molecule has 2 rings (SSSR count). The maximum atomic E-state index is 9.56. The number of hydrogen-bond acceptors (Lipinski definition) is 4. The second-order valence-electron chi connectivity index (χ2n) is 3.61. The molecule has 0 saturated carbocycles. The summed E-state index contributed by atoms with van der Waals surface area (Å²) in [5.41, 5.74) is 3.39. The molecule has 0 aliphatic rings. The average molecular weight is 239 g/mol. The van der Waals surface area contributed by atoms with Crippen LogP contribution in [0.2, 0.25) is 0 Å². The van der Waals surface area contributed by atoms with Crippen LogP contribution in [0.1, 0.15) is 29.2 Å². The van der Waals surface area contributed by atoms with Crippen LogP contribution in [0.4, 0.5) is 0 Å². The Morgan fingerprint density at radius 1 is 1.33 bits per heavy atom. The zero-order chi connectivity index (χ0) is 11.0. The summed E-state index contributed by atoms with van der Waals surface area (Å²) in [6, 6.07) is 0. The Labute approximate surface area is 97.2 Å². The quantitative estimate of drug-likeness (QED) is 0.869. The molecule has 0 amide bonds. The minimum atomic E-state index is -0.421. The largest absolute Gasteiger partial charge is 0.388 e. The molecule has 0 bridgehead atoms. The summed E-state index contributed by atoms with van der Waals surface area (Å²) in [7, 11) is 0. The van der Waals surface area contributed by atoms with Crippen molar-refractivity contribution in [3.8, 4) is 10.6 Å². The topological polar surface area (TPSA) is 33.1 Å². The second-order valence-corrected chi connectivity index (χ2v) is 5.39. The van der Waals surface area contributed by atoms with Gasteiger partial charge in [-0.25, -0.2) is 4.98 Å². The van der Waals surface area contributed by atoms with Gasteiger partial charge in [0.05, 0.1) is 16.7 Å². The van der Waals surface area contributed by atoms with Crippen LogP contribution in [-0.2, 0) is 0 Å². The molecule has 2 aromatic heterocycles. The molecule has 0 aromatic carbocycles. The molecule has 0 aliphatic heterocycles. The summed E-state index contributed by atoms with van der Waals surface area (Å²) in [6.07, 6.45) is -0.421. The standard InChI is InChI=1S/C11H13NOS2/c1-6-4-14-5-9(6)11-12-7(2)10(15-11)8(3)13/h4-5,8,13H,1-3H3. The van der Waals surface area contributed by atoms with E-state index in [4.69, 9.17) is 0 Å². The van der Waals surface area contributed by atoms with Crippen molar-refractivity contribution in [3.05, 3.63) is 26.9 Å². The van der Waals surface area contributed by atoms with Crippen LogP contribution in [0.25, 0.3) is 10.6 Å². The first-order chi connectivity index (χ1) is 7.09. The molecule has 0 radical (unpaired) electrons. The lowest BCUT2D eigenvalue weighted by atomic mass is 10.2. The van der Waals surface area contributed by atoms with Crippen molar-refractivity contribution in [1.82, 2.24) is 4.98 Å². The molecular formula is C11H13NOS2. The molecule has 1 unspecified atom stereocenters. The highest BCUT2D eigenvalue weighted by Gasteiger charge is 2.14. The van der Waals surface area contributed by atoms with Gasteiger partial charge in [-0.15, -0.1) is 11.3 Å². The first-order valence-electron chi connectivity index (χ1n) is 4.78. The Bertz CT molecular complexity index is 471. The van der Waals surface area contributed by atoms with Gasteiger partial charge in [0.25, 0.3) is 0 Å². The first kappa shape index (κ1) is 10.8. The maximum Gasteiger partial charge on any atom is 0.125 e. The Morgan fingerprint density at radius 2 is 2.07 bits per heavy atom. The summed E-state index contributed by atoms with van der Waals surface area (Å²) in [4.78, 5) is 5.47. The van der Waals surface area contributed by atoms with Gasteiger partial charge in [-0.3, -0.25) is 0 Å². The van der Waals surface area contributed by atoms with Gasteiger partial charge in [0.2, 0.25) is 0 Å². The Balaban J connectivity index is 2.47. The Morgan fingerprint density at radius 3 is 2.53 bits per heavy atom. The lowest BCUT2D eigenvalue weighted by Gasteiger charge is -1.98. The zero-order valence-electron chi connectivity index (χ0n) is 8.94. The minimum absolute atomic E-state index is 0.421. The summed E-state index contributed by atoms with van der Waals surface area (Å²) >= 11 is 3.27. The number of thiazole rings is 1. The Hall–Kier alpha value is -0.710. The summed E-state index contributed by atoms with van der Waals surface area (Å²) < 4.78 is 0. The number of aliphatic hydroxyl groups excluding tert-OH is 1. The molecule has 1 N–H and O–H groups in total. The third kappa shape index (κ3) is 1.97. The van der Waals surface area contributed by atoms with Gasteiger partial charge in [-0.2, -0.15) is 11.3 Å². The first-order valence-corrected chi connectivity index (χ1v) is 6.54. The van der Waals surface area contributed by atoms with Gasteiger partial charge in [0.15, 0.2) is 0 Å². The molecule has 0 spiro atoms. The van der Waals surface area contributed by atoms with E-state index in [-0.39, 0.29) is 0 Å². The highest BCUT2D eigenvalue weighted by Crippen LogP contribution is 2.34. The number of aromatic nitrogens is 1. The molecular weight excluding hydrogens is 226 g/mol. The summed E-state index contributed by atoms with van der Waals surface area (Å²) in [5.74, 6) is 0. The van der Waals surface area contributed by atoms with E-state index in [0.29, 0.717) is 0 Å². The third-order valence-corrected chi connectivity index (χ3v) is 4.52. The molecule has 15 heavy (non-hydrogen) atoms. The van der Waals surface area contributed by atoms with Crippen molar-refractivity contribution in [3.63, 3.8) is 0 Å². The van der Waals surface area contributed by atoms with Crippen molar-refractivity contribution >= 4 is 22.7 Å². The van der Waals surface area contributed by atoms with E-state index >= 15 is 0 Å². The highest BCUT2D eigenvalue weighted by molar-refractivity contribution is 7.15. The molecule has 2 nitrogen and oxygen atoms in total.